The number of aryl methyl sites for hydroxylation is 2. The smallest absolute Gasteiger partial charge is 0.454 e. The number of alkyl halides is 3. The molecule has 7 nitrogen and oxygen atoms in total. The summed E-state index contributed by atoms with van der Waals surface area (Å²) in [4.78, 5) is 15.7. The third-order valence-corrected chi connectivity index (χ3v) is 5.04. The molecule has 0 fully saturated rings. The second-order valence-corrected chi connectivity index (χ2v) is 8.70. The van der Waals surface area contributed by atoms with E-state index in [0.717, 1.165) is 22.4 Å². The van der Waals surface area contributed by atoms with E-state index in [1.807, 2.05) is 38.1 Å². The molecule has 2 rings (SSSR count). The molecule has 2 aromatic rings. The lowest BCUT2D eigenvalue weighted by molar-refractivity contribution is -0.167. The highest BCUT2D eigenvalue weighted by Gasteiger charge is 2.30. The highest BCUT2D eigenvalue weighted by molar-refractivity contribution is 6.18. The van der Waals surface area contributed by atoms with Crippen LogP contribution < -0.4 is 0 Å². The number of carbonyl (C=O) groups excluding carboxylic acids is 1. The summed E-state index contributed by atoms with van der Waals surface area (Å²) in [5, 5.41) is 4.41. The molecule has 0 saturated heterocycles. The van der Waals surface area contributed by atoms with E-state index < -0.39 is 25.7 Å². The lowest BCUT2D eigenvalue weighted by Gasteiger charge is -2.20. The van der Waals surface area contributed by atoms with Crippen molar-refractivity contribution in [2.24, 2.45) is 12.0 Å². The molecule has 0 amide bonds. The fourth-order valence-electron chi connectivity index (χ4n) is 3.22. The maximum atomic E-state index is 12.3. The van der Waals surface area contributed by atoms with Crippen LogP contribution in [0.3, 0.4) is 0 Å². The molecular formula is C24H30F3N3O4. The van der Waals surface area contributed by atoms with E-state index in [1.54, 1.807) is 25.0 Å². The Morgan fingerprint density at radius 2 is 1.71 bits per heavy atom. The Labute approximate surface area is 197 Å². The lowest BCUT2D eigenvalue weighted by Crippen LogP contribution is -2.21. The predicted octanol–water partition coefficient (Wildman–Crippen LogP) is 5.59. The molecule has 1 aromatic carbocycles. The number of hydrogen-bond acceptors (Lipinski definition) is 6. The summed E-state index contributed by atoms with van der Waals surface area (Å²) >= 11 is 0. The number of rotatable bonds is 7. The molecule has 10 heteroatoms. The highest BCUT2D eigenvalue weighted by Crippen LogP contribution is 2.31. The van der Waals surface area contributed by atoms with Gasteiger partial charge in [-0.05, 0) is 30.4 Å². The summed E-state index contributed by atoms with van der Waals surface area (Å²) < 4.78 is 53.0. The SMILES string of the molecule is C/N=C\C(=C(\OCOC(=O)OCC(F)(F)F)c1c(C)c(C)nn1C)c1ccc(C(C)(C)C)cc1. The molecule has 1 aromatic heterocycles. The summed E-state index contributed by atoms with van der Waals surface area (Å²) in [5.41, 5.74) is 4.66. The van der Waals surface area contributed by atoms with Gasteiger partial charge in [-0.3, -0.25) is 9.67 Å². The molecule has 0 unspecified atom stereocenters. The fraction of sp³-hybridized carbons (Fsp3) is 0.458. The third kappa shape index (κ3) is 7.10. The van der Waals surface area contributed by atoms with Crippen molar-refractivity contribution < 1.29 is 32.2 Å². The highest BCUT2D eigenvalue weighted by atomic mass is 19.4. The van der Waals surface area contributed by atoms with E-state index in [9.17, 15) is 18.0 Å². The van der Waals surface area contributed by atoms with E-state index in [0.29, 0.717) is 17.0 Å². The molecule has 0 bridgehead atoms. The Morgan fingerprint density at radius 1 is 1.09 bits per heavy atom. The topological polar surface area (TPSA) is 74.9 Å². The first kappa shape index (κ1) is 26.9. The van der Waals surface area contributed by atoms with Crippen LogP contribution in [0.4, 0.5) is 18.0 Å². The van der Waals surface area contributed by atoms with Crippen LogP contribution in [0.25, 0.3) is 11.3 Å². The van der Waals surface area contributed by atoms with Crippen LogP contribution in [0.1, 0.15) is 48.8 Å². The van der Waals surface area contributed by atoms with Crippen LogP contribution in [0.15, 0.2) is 29.3 Å². The molecule has 0 N–H and O–H groups in total. The van der Waals surface area contributed by atoms with Gasteiger partial charge >= 0.3 is 12.3 Å². The van der Waals surface area contributed by atoms with Gasteiger partial charge in [0.25, 0.3) is 0 Å². The predicted molar refractivity (Wildman–Crippen MR) is 123 cm³/mol. The average Bonchev–Trinajstić information content (AvgIpc) is 2.99. The van der Waals surface area contributed by atoms with Gasteiger partial charge < -0.3 is 14.2 Å². The number of aromatic nitrogens is 2. The minimum Gasteiger partial charge on any atom is -0.454 e. The second-order valence-electron chi connectivity index (χ2n) is 8.70. The Hall–Kier alpha value is -3.30. The van der Waals surface area contributed by atoms with Crippen molar-refractivity contribution in [3.05, 3.63) is 52.3 Å². The fourth-order valence-corrected chi connectivity index (χ4v) is 3.22. The minimum absolute atomic E-state index is 0.0407. The van der Waals surface area contributed by atoms with Gasteiger partial charge in [0, 0.05) is 31.4 Å². The van der Waals surface area contributed by atoms with Crippen LogP contribution in [0.5, 0.6) is 0 Å². The van der Waals surface area contributed by atoms with Crippen molar-refractivity contribution in [3.63, 3.8) is 0 Å². The van der Waals surface area contributed by atoms with E-state index >= 15 is 0 Å². The molecule has 0 aliphatic rings. The molecule has 0 spiro atoms. The number of halogens is 3. The molecule has 34 heavy (non-hydrogen) atoms. The van der Waals surface area contributed by atoms with Gasteiger partial charge in [0.2, 0.25) is 6.79 Å². The van der Waals surface area contributed by atoms with Gasteiger partial charge in [-0.15, -0.1) is 0 Å². The average molecular weight is 482 g/mol. The van der Waals surface area contributed by atoms with Crippen molar-refractivity contribution in [2.45, 2.75) is 46.2 Å². The Balaban J connectivity index is 2.46. The van der Waals surface area contributed by atoms with E-state index in [4.69, 9.17) is 9.47 Å². The number of benzene rings is 1. The first-order valence-corrected chi connectivity index (χ1v) is 10.5. The molecule has 0 atom stereocenters. The zero-order valence-electron chi connectivity index (χ0n) is 20.4. The second kappa shape index (κ2) is 10.8. The lowest BCUT2D eigenvalue weighted by atomic mass is 9.86. The first-order chi connectivity index (χ1) is 15.7. The summed E-state index contributed by atoms with van der Waals surface area (Å²) in [5.74, 6) is 0.304. The van der Waals surface area contributed by atoms with Crippen LogP contribution in [-0.4, -0.2) is 48.8 Å². The van der Waals surface area contributed by atoms with Crippen molar-refractivity contribution in [3.8, 4) is 0 Å². The quantitative estimate of drug-likeness (QED) is 0.223. The zero-order chi connectivity index (χ0) is 25.7. The molecule has 1 heterocycles. The largest absolute Gasteiger partial charge is 0.511 e. The van der Waals surface area contributed by atoms with Gasteiger partial charge in [0.05, 0.1) is 5.69 Å². The van der Waals surface area contributed by atoms with E-state index in [-0.39, 0.29) is 5.41 Å². The van der Waals surface area contributed by atoms with Crippen LogP contribution >= 0.6 is 0 Å². The normalized spacial score (nSPS) is 13.1. The zero-order valence-corrected chi connectivity index (χ0v) is 20.4. The van der Waals surface area contributed by atoms with Crippen molar-refractivity contribution >= 4 is 23.7 Å². The number of allylic oxidation sites excluding steroid dienone is 1. The molecule has 186 valence electrons. The van der Waals surface area contributed by atoms with Gasteiger partial charge in [-0.25, -0.2) is 4.79 Å². The third-order valence-electron chi connectivity index (χ3n) is 5.04. The Morgan fingerprint density at radius 3 is 2.18 bits per heavy atom. The molecule has 0 aliphatic carbocycles. The van der Waals surface area contributed by atoms with Crippen LogP contribution in [0, 0.1) is 13.8 Å². The Kier molecular flexibility index (Phi) is 8.52. The molecule has 0 radical (unpaired) electrons. The molecule has 0 aliphatic heterocycles. The monoisotopic (exact) mass is 481 g/mol. The number of carbonyl (C=O) groups is 1. The number of hydrogen-bond donors (Lipinski definition) is 0. The van der Waals surface area contributed by atoms with Crippen molar-refractivity contribution in [2.75, 3.05) is 20.4 Å². The van der Waals surface area contributed by atoms with E-state index in [2.05, 4.69) is 35.6 Å². The number of ether oxygens (including phenoxy) is 3. The summed E-state index contributed by atoms with van der Waals surface area (Å²) in [7, 11) is 3.34. The van der Waals surface area contributed by atoms with Crippen molar-refractivity contribution in [1.82, 2.24) is 9.78 Å². The number of nitrogens with zero attached hydrogens (tertiary/aromatic N) is 3. The van der Waals surface area contributed by atoms with Crippen LogP contribution in [-0.2, 0) is 26.7 Å². The summed E-state index contributed by atoms with van der Waals surface area (Å²) in [6.45, 7) is 7.61. The standard InChI is InChI=1S/C24H30F3N3O4/c1-15-16(2)29-30(7)20(15)21(33-14-34-22(31)32-13-24(25,26)27)19(12-28-6)17-8-10-18(11-9-17)23(3,4)5/h8-12H,13-14H2,1-7H3/b21-19-,28-12-. The maximum Gasteiger partial charge on any atom is 0.511 e. The summed E-state index contributed by atoms with van der Waals surface area (Å²) in [6.07, 6.45) is -4.54. The number of aliphatic imine (C=N–C) groups is 1. The first-order valence-electron chi connectivity index (χ1n) is 10.5. The Bertz CT molecular complexity index is 1060. The van der Waals surface area contributed by atoms with Gasteiger partial charge in [-0.1, -0.05) is 45.0 Å². The summed E-state index contributed by atoms with van der Waals surface area (Å²) in [6, 6.07) is 7.86. The maximum absolute atomic E-state index is 12.3. The van der Waals surface area contributed by atoms with Gasteiger partial charge in [0.15, 0.2) is 12.4 Å². The van der Waals surface area contributed by atoms with E-state index in [1.165, 1.54) is 0 Å². The van der Waals surface area contributed by atoms with Crippen LogP contribution in [0.2, 0.25) is 0 Å². The van der Waals surface area contributed by atoms with Gasteiger partial charge in [-0.2, -0.15) is 18.3 Å². The molecular weight excluding hydrogens is 451 g/mol. The van der Waals surface area contributed by atoms with Gasteiger partial charge in [0.1, 0.15) is 5.69 Å². The van der Waals surface area contributed by atoms with Crippen molar-refractivity contribution in [1.29, 1.82) is 0 Å². The molecule has 0 saturated carbocycles. The minimum atomic E-state index is -4.65.